The second-order valence-corrected chi connectivity index (χ2v) is 7.27. The Hall–Kier alpha value is -2.73. The van der Waals surface area contributed by atoms with Crippen LogP contribution in [0.5, 0.6) is 11.5 Å². The molecule has 29 heavy (non-hydrogen) atoms. The maximum atomic E-state index is 12.6. The molecule has 1 atom stereocenters. The molecule has 2 aromatic rings. The minimum Gasteiger partial charge on any atom is -0.493 e. The molecule has 1 fully saturated rings. The van der Waals surface area contributed by atoms with Gasteiger partial charge in [0.25, 0.3) is 5.91 Å². The molecule has 0 bridgehead atoms. The van der Waals surface area contributed by atoms with Gasteiger partial charge in [-0.1, -0.05) is 29.8 Å². The van der Waals surface area contributed by atoms with Crippen LogP contribution in [0.1, 0.15) is 13.3 Å². The number of hydrogen-bond donors (Lipinski definition) is 0. The number of rotatable bonds is 7. The SMILES string of the molecule is CC(Oc1ccc(Cl)cc1)C(=O)N1CCN(C(=O)CCOc2ccccc2)CC1. The normalized spacial score (nSPS) is 15.0. The first-order valence-electron chi connectivity index (χ1n) is 9.69. The van der Waals surface area contributed by atoms with Gasteiger partial charge in [0.15, 0.2) is 6.10 Å². The van der Waals surface area contributed by atoms with Gasteiger partial charge in [0, 0.05) is 31.2 Å². The second kappa shape index (κ2) is 10.2. The van der Waals surface area contributed by atoms with Crippen LogP contribution < -0.4 is 9.47 Å². The number of hydrogen-bond acceptors (Lipinski definition) is 4. The van der Waals surface area contributed by atoms with E-state index >= 15 is 0 Å². The topological polar surface area (TPSA) is 59.1 Å². The second-order valence-electron chi connectivity index (χ2n) is 6.83. The minimum absolute atomic E-state index is 0.0403. The third kappa shape index (κ3) is 6.12. The fraction of sp³-hybridized carbons (Fsp3) is 0.364. The number of piperazine rings is 1. The van der Waals surface area contributed by atoms with Crippen LogP contribution in [0.25, 0.3) is 0 Å². The van der Waals surface area contributed by atoms with Gasteiger partial charge in [-0.15, -0.1) is 0 Å². The Morgan fingerprint density at radius 2 is 1.55 bits per heavy atom. The van der Waals surface area contributed by atoms with E-state index in [2.05, 4.69) is 0 Å². The Labute approximate surface area is 176 Å². The molecule has 1 aliphatic rings. The number of para-hydroxylation sites is 1. The van der Waals surface area contributed by atoms with Crippen molar-refractivity contribution in [1.29, 1.82) is 0 Å². The highest BCUT2D eigenvalue weighted by Gasteiger charge is 2.27. The van der Waals surface area contributed by atoms with Gasteiger partial charge >= 0.3 is 0 Å². The van der Waals surface area contributed by atoms with Crippen molar-refractivity contribution >= 4 is 23.4 Å². The summed E-state index contributed by atoms with van der Waals surface area (Å²) in [5.41, 5.74) is 0. The molecule has 0 aromatic heterocycles. The maximum Gasteiger partial charge on any atom is 0.263 e. The number of amides is 2. The van der Waals surface area contributed by atoms with Gasteiger partial charge in [0.1, 0.15) is 11.5 Å². The number of carbonyl (C=O) groups excluding carboxylic acids is 2. The molecule has 0 N–H and O–H groups in total. The highest BCUT2D eigenvalue weighted by molar-refractivity contribution is 6.30. The zero-order valence-electron chi connectivity index (χ0n) is 16.4. The van der Waals surface area contributed by atoms with E-state index in [-0.39, 0.29) is 11.8 Å². The molecular formula is C22H25ClN2O4. The smallest absolute Gasteiger partial charge is 0.263 e. The van der Waals surface area contributed by atoms with Gasteiger partial charge in [0.2, 0.25) is 5.91 Å². The summed E-state index contributed by atoms with van der Waals surface area (Å²) in [7, 11) is 0. The molecular weight excluding hydrogens is 392 g/mol. The molecule has 0 saturated carbocycles. The van der Waals surface area contributed by atoms with Crippen LogP contribution in [0, 0.1) is 0 Å². The van der Waals surface area contributed by atoms with Crippen LogP contribution in [0.15, 0.2) is 54.6 Å². The fourth-order valence-corrected chi connectivity index (χ4v) is 3.26. The molecule has 154 valence electrons. The van der Waals surface area contributed by atoms with E-state index in [0.717, 1.165) is 5.75 Å². The van der Waals surface area contributed by atoms with Crippen LogP contribution in [-0.4, -0.2) is 60.5 Å². The zero-order chi connectivity index (χ0) is 20.6. The van der Waals surface area contributed by atoms with Gasteiger partial charge in [0.05, 0.1) is 13.0 Å². The zero-order valence-corrected chi connectivity index (χ0v) is 17.2. The monoisotopic (exact) mass is 416 g/mol. The number of halogens is 1. The average molecular weight is 417 g/mol. The van der Waals surface area contributed by atoms with Crippen molar-refractivity contribution in [2.45, 2.75) is 19.4 Å². The van der Waals surface area contributed by atoms with E-state index in [4.69, 9.17) is 21.1 Å². The quantitative estimate of drug-likeness (QED) is 0.695. The van der Waals surface area contributed by atoms with Crippen molar-refractivity contribution in [2.24, 2.45) is 0 Å². The van der Waals surface area contributed by atoms with Crippen molar-refractivity contribution in [3.63, 3.8) is 0 Å². The van der Waals surface area contributed by atoms with E-state index < -0.39 is 6.10 Å². The molecule has 3 rings (SSSR count). The number of benzene rings is 2. The summed E-state index contributed by atoms with van der Waals surface area (Å²) in [5, 5.41) is 0.617. The summed E-state index contributed by atoms with van der Waals surface area (Å²) < 4.78 is 11.3. The van der Waals surface area contributed by atoms with Crippen LogP contribution in [-0.2, 0) is 9.59 Å². The van der Waals surface area contributed by atoms with Crippen LogP contribution in [0.3, 0.4) is 0 Å². The Bertz CT molecular complexity index is 805. The van der Waals surface area contributed by atoms with Gasteiger partial charge in [-0.05, 0) is 43.3 Å². The predicted octanol–water partition coefficient (Wildman–Crippen LogP) is 3.25. The lowest BCUT2D eigenvalue weighted by Gasteiger charge is -2.36. The number of ether oxygens (including phenoxy) is 2. The van der Waals surface area contributed by atoms with E-state index in [1.165, 1.54) is 0 Å². The maximum absolute atomic E-state index is 12.6. The number of nitrogens with zero attached hydrogens (tertiary/aromatic N) is 2. The minimum atomic E-state index is -0.599. The molecule has 7 heteroatoms. The van der Waals surface area contributed by atoms with Gasteiger partial charge in [-0.25, -0.2) is 0 Å². The molecule has 0 aliphatic carbocycles. The lowest BCUT2D eigenvalue weighted by molar-refractivity contribution is -0.143. The van der Waals surface area contributed by atoms with Gasteiger partial charge in [-0.2, -0.15) is 0 Å². The Kier molecular flexibility index (Phi) is 7.36. The third-order valence-electron chi connectivity index (χ3n) is 4.75. The first-order chi connectivity index (χ1) is 14.0. The van der Waals surface area contributed by atoms with Crippen LogP contribution in [0.2, 0.25) is 5.02 Å². The fourth-order valence-electron chi connectivity index (χ4n) is 3.13. The van der Waals surface area contributed by atoms with E-state index in [1.807, 2.05) is 30.3 Å². The van der Waals surface area contributed by atoms with Gasteiger partial charge < -0.3 is 19.3 Å². The lowest BCUT2D eigenvalue weighted by atomic mass is 10.2. The molecule has 1 aliphatic heterocycles. The Morgan fingerprint density at radius 1 is 0.931 bits per heavy atom. The summed E-state index contributed by atoms with van der Waals surface area (Å²) >= 11 is 5.86. The average Bonchev–Trinajstić information content (AvgIpc) is 2.75. The van der Waals surface area contributed by atoms with Crippen LogP contribution in [0.4, 0.5) is 0 Å². The summed E-state index contributed by atoms with van der Waals surface area (Å²) in [6.07, 6.45) is -0.281. The van der Waals surface area contributed by atoms with E-state index in [1.54, 1.807) is 41.0 Å². The summed E-state index contributed by atoms with van der Waals surface area (Å²) in [5.74, 6) is 1.31. The van der Waals surface area contributed by atoms with Crippen molar-refractivity contribution in [2.75, 3.05) is 32.8 Å². The van der Waals surface area contributed by atoms with Crippen molar-refractivity contribution in [3.8, 4) is 11.5 Å². The van der Waals surface area contributed by atoms with Gasteiger partial charge in [-0.3, -0.25) is 9.59 Å². The largest absolute Gasteiger partial charge is 0.493 e. The predicted molar refractivity (Wildman–Crippen MR) is 111 cm³/mol. The molecule has 2 amide bonds. The molecule has 0 spiro atoms. The Morgan fingerprint density at radius 3 is 2.21 bits per heavy atom. The lowest BCUT2D eigenvalue weighted by Crippen LogP contribution is -2.53. The van der Waals surface area contributed by atoms with Crippen molar-refractivity contribution in [3.05, 3.63) is 59.6 Å². The summed E-state index contributed by atoms with van der Waals surface area (Å²) in [6.45, 7) is 4.10. The van der Waals surface area contributed by atoms with Crippen molar-refractivity contribution < 1.29 is 19.1 Å². The number of carbonyl (C=O) groups is 2. The van der Waals surface area contributed by atoms with Crippen molar-refractivity contribution in [1.82, 2.24) is 9.80 Å². The van der Waals surface area contributed by atoms with Crippen LogP contribution >= 0.6 is 11.6 Å². The Balaban J connectivity index is 1.40. The highest BCUT2D eigenvalue weighted by Crippen LogP contribution is 2.18. The van der Waals surface area contributed by atoms with E-state index in [9.17, 15) is 9.59 Å². The summed E-state index contributed by atoms with van der Waals surface area (Å²) in [6, 6.07) is 16.3. The molecule has 1 heterocycles. The summed E-state index contributed by atoms with van der Waals surface area (Å²) in [4.78, 5) is 28.5. The highest BCUT2D eigenvalue weighted by atomic mass is 35.5. The van der Waals surface area contributed by atoms with E-state index in [0.29, 0.717) is 50.0 Å². The standard InChI is InChI=1S/C22H25ClN2O4/c1-17(29-20-9-7-18(23)8-10-20)22(27)25-14-12-24(13-15-25)21(26)11-16-28-19-5-3-2-4-6-19/h2-10,17H,11-16H2,1H3. The molecule has 0 radical (unpaired) electrons. The third-order valence-corrected chi connectivity index (χ3v) is 5.00. The first kappa shape index (κ1) is 21.0. The molecule has 1 unspecified atom stereocenters. The molecule has 2 aromatic carbocycles. The molecule has 6 nitrogen and oxygen atoms in total. The molecule has 1 saturated heterocycles. The first-order valence-corrected chi connectivity index (χ1v) is 10.1.